The summed E-state index contributed by atoms with van der Waals surface area (Å²) in [5, 5.41) is 0. The van der Waals surface area contributed by atoms with Gasteiger partial charge < -0.3 is 9.64 Å². The van der Waals surface area contributed by atoms with E-state index in [2.05, 4.69) is 4.72 Å². The van der Waals surface area contributed by atoms with Crippen LogP contribution in [0.25, 0.3) is 0 Å². The molecule has 0 saturated heterocycles. The van der Waals surface area contributed by atoms with E-state index in [0.29, 0.717) is 19.0 Å². The van der Waals surface area contributed by atoms with E-state index in [1.165, 1.54) is 12.1 Å². The van der Waals surface area contributed by atoms with Crippen molar-refractivity contribution in [2.45, 2.75) is 31.1 Å². The molecule has 0 atom stereocenters. The van der Waals surface area contributed by atoms with Gasteiger partial charge in [0.15, 0.2) is 6.61 Å². The fraction of sp³-hybridized carbons (Fsp3) is 0.364. The summed E-state index contributed by atoms with van der Waals surface area (Å²) in [4.78, 5) is 26.6. The quantitative estimate of drug-likeness (QED) is 0.562. The molecule has 9 heteroatoms. The van der Waals surface area contributed by atoms with E-state index < -0.39 is 28.4 Å². The Balaban J connectivity index is 1.68. The maximum Gasteiger partial charge on any atom is 0.340 e. The van der Waals surface area contributed by atoms with Crippen LogP contribution in [0.5, 0.6) is 0 Å². The van der Waals surface area contributed by atoms with Crippen molar-refractivity contribution in [3.05, 3.63) is 59.9 Å². The second-order valence-corrected chi connectivity index (χ2v) is 9.15. The number of amides is 1. The van der Waals surface area contributed by atoms with E-state index in [-0.39, 0.29) is 22.1 Å². The highest BCUT2D eigenvalue weighted by Crippen LogP contribution is 2.29. The maximum atomic E-state index is 13.1. The highest BCUT2D eigenvalue weighted by atomic mass is 32.2. The summed E-state index contributed by atoms with van der Waals surface area (Å²) >= 11 is 0. The Hall–Kier alpha value is -2.94. The molecule has 166 valence electrons. The third-order valence-electron chi connectivity index (χ3n) is 4.86. The van der Waals surface area contributed by atoms with Gasteiger partial charge in [-0.2, -0.15) is 0 Å². The SMILES string of the molecule is CCCN(CC1CC1)C(=O)COC(=O)c1ccccc1NS(=O)(=O)c1ccc(F)cc1. The number of hydrogen-bond acceptors (Lipinski definition) is 5. The van der Waals surface area contributed by atoms with Crippen LogP contribution in [0, 0.1) is 11.7 Å². The van der Waals surface area contributed by atoms with Crippen molar-refractivity contribution < 1.29 is 27.1 Å². The topological polar surface area (TPSA) is 92.8 Å². The average Bonchev–Trinajstić information content (AvgIpc) is 3.56. The van der Waals surface area contributed by atoms with Crippen LogP contribution in [0.1, 0.15) is 36.5 Å². The third-order valence-corrected chi connectivity index (χ3v) is 6.25. The minimum absolute atomic E-state index is 0.00710. The lowest BCUT2D eigenvalue weighted by Crippen LogP contribution is -2.36. The van der Waals surface area contributed by atoms with Gasteiger partial charge in [0.05, 0.1) is 16.1 Å². The molecular weight excluding hydrogens is 423 g/mol. The van der Waals surface area contributed by atoms with Crippen LogP contribution in [0.4, 0.5) is 10.1 Å². The monoisotopic (exact) mass is 448 g/mol. The first kappa shape index (κ1) is 22.7. The van der Waals surface area contributed by atoms with E-state index in [1.807, 2.05) is 6.92 Å². The highest BCUT2D eigenvalue weighted by molar-refractivity contribution is 7.92. The van der Waals surface area contributed by atoms with E-state index in [9.17, 15) is 22.4 Å². The molecule has 1 saturated carbocycles. The van der Waals surface area contributed by atoms with Gasteiger partial charge in [0.2, 0.25) is 0 Å². The number of esters is 1. The molecule has 1 aliphatic carbocycles. The lowest BCUT2D eigenvalue weighted by atomic mass is 10.2. The van der Waals surface area contributed by atoms with E-state index in [0.717, 1.165) is 43.5 Å². The molecule has 3 rings (SSSR count). The smallest absolute Gasteiger partial charge is 0.340 e. The number of sulfonamides is 1. The van der Waals surface area contributed by atoms with Gasteiger partial charge >= 0.3 is 5.97 Å². The van der Waals surface area contributed by atoms with Gasteiger partial charge in [-0.05, 0) is 61.6 Å². The molecule has 0 bridgehead atoms. The molecule has 0 heterocycles. The number of ether oxygens (including phenoxy) is 1. The third kappa shape index (κ3) is 6.27. The Morgan fingerprint density at radius 1 is 1.13 bits per heavy atom. The number of carbonyl (C=O) groups is 2. The number of anilines is 1. The van der Waals surface area contributed by atoms with Gasteiger partial charge in [-0.3, -0.25) is 9.52 Å². The number of nitrogens with one attached hydrogen (secondary N) is 1. The molecule has 2 aromatic carbocycles. The number of para-hydroxylation sites is 1. The maximum absolute atomic E-state index is 13.1. The second-order valence-electron chi connectivity index (χ2n) is 7.46. The van der Waals surface area contributed by atoms with E-state index in [4.69, 9.17) is 4.74 Å². The molecule has 1 amide bonds. The van der Waals surface area contributed by atoms with Crippen molar-refractivity contribution in [3.63, 3.8) is 0 Å². The Bertz CT molecular complexity index is 1040. The van der Waals surface area contributed by atoms with Gasteiger partial charge in [-0.25, -0.2) is 17.6 Å². The summed E-state index contributed by atoms with van der Waals surface area (Å²) in [6.07, 6.45) is 3.02. The van der Waals surface area contributed by atoms with Crippen LogP contribution in [0.2, 0.25) is 0 Å². The summed E-state index contributed by atoms with van der Waals surface area (Å²) in [6, 6.07) is 10.2. The van der Waals surface area contributed by atoms with E-state index in [1.54, 1.807) is 17.0 Å². The first-order chi connectivity index (χ1) is 14.8. The minimum Gasteiger partial charge on any atom is -0.452 e. The molecule has 0 aliphatic heterocycles. The lowest BCUT2D eigenvalue weighted by molar-refractivity contribution is -0.134. The van der Waals surface area contributed by atoms with Crippen LogP contribution in [-0.2, 0) is 19.6 Å². The van der Waals surface area contributed by atoms with Gasteiger partial charge in [-0.15, -0.1) is 0 Å². The number of halogens is 1. The Labute approximate surface area is 181 Å². The summed E-state index contributed by atoms with van der Waals surface area (Å²) in [6.45, 7) is 2.83. The molecule has 0 aromatic heterocycles. The molecule has 0 spiro atoms. The highest BCUT2D eigenvalue weighted by Gasteiger charge is 2.27. The first-order valence-electron chi connectivity index (χ1n) is 10.1. The zero-order chi connectivity index (χ0) is 22.4. The van der Waals surface area contributed by atoms with Crippen molar-refractivity contribution in [2.24, 2.45) is 5.92 Å². The standard InChI is InChI=1S/C22H25FN2O5S/c1-2-13-25(14-16-7-8-16)21(26)15-30-22(27)19-5-3-4-6-20(19)24-31(28,29)18-11-9-17(23)10-12-18/h3-6,9-12,16,24H,2,7-8,13-15H2,1H3. The zero-order valence-corrected chi connectivity index (χ0v) is 18.0. The molecule has 0 unspecified atom stereocenters. The van der Waals surface area contributed by atoms with Gasteiger partial charge in [0.25, 0.3) is 15.9 Å². The van der Waals surface area contributed by atoms with E-state index >= 15 is 0 Å². The Morgan fingerprint density at radius 3 is 2.45 bits per heavy atom. The molecule has 1 fully saturated rings. The molecule has 0 radical (unpaired) electrons. The second kappa shape index (κ2) is 9.91. The summed E-state index contributed by atoms with van der Waals surface area (Å²) in [7, 11) is -4.04. The molecule has 2 aromatic rings. The molecule has 1 aliphatic rings. The summed E-state index contributed by atoms with van der Waals surface area (Å²) in [5.74, 6) is -1.13. The van der Waals surface area contributed by atoms with Crippen LogP contribution >= 0.6 is 0 Å². The Morgan fingerprint density at radius 2 is 1.81 bits per heavy atom. The summed E-state index contributed by atoms with van der Waals surface area (Å²) < 4.78 is 45.8. The molecule has 31 heavy (non-hydrogen) atoms. The van der Waals surface area contributed by atoms with Crippen LogP contribution in [0.3, 0.4) is 0 Å². The largest absolute Gasteiger partial charge is 0.452 e. The van der Waals surface area contributed by atoms with Crippen molar-refractivity contribution in [1.29, 1.82) is 0 Å². The number of carbonyl (C=O) groups excluding carboxylic acids is 2. The van der Waals surface area contributed by atoms with Crippen molar-refractivity contribution in [2.75, 3.05) is 24.4 Å². The molecular formula is C22H25FN2O5S. The summed E-state index contributed by atoms with van der Waals surface area (Å²) in [5.41, 5.74) is -0.0158. The van der Waals surface area contributed by atoms with Gasteiger partial charge in [-0.1, -0.05) is 19.1 Å². The van der Waals surface area contributed by atoms with Crippen LogP contribution < -0.4 is 4.72 Å². The van der Waals surface area contributed by atoms with Crippen molar-refractivity contribution >= 4 is 27.6 Å². The van der Waals surface area contributed by atoms with Crippen molar-refractivity contribution in [3.8, 4) is 0 Å². The number of rotatable bonds is 10. The van der Waals surface area contributed by atoms with Gasteiger partial charge in [0.1, 0.15) is 5.82 Å². The zero-order valence-electron chi connectivity index (χ0n) is 17.2. The molecule has 1 N–H and O–H groups in total. The van der Waals surface area contributed by atoms with Crippen LogP contribution in [-0.4, -0.2) is 44.9 Å². The fourth-order valence-electron chi connectivity index (χ4n) is 3.06. The predicted octanol–water partition coefficient (Wildman–Crippen LogP) is 3.43. The van der Waals surface area contributed by atoms with Crippen LogP contribution in [0.15, 0.2) is 53.4 Å². The number of benzene rings is 2. The molecule has 7 nitrogen and oxygen atoms in total. The predicted molar refractivity (Wildman–Crippen MR) is 114 cm³/mol. The van der Waals surface area contributed by atoms with Crippen molar-refractivity contribution in [1.82, 2.24) is 4.90 Å². The first-order valence-corrected chi connectivity index (χ1v) is 11.6. The lowest BCUT2D eigenvalue weighted by Gasteiger charge is -2.22. The fourth-order valence-corrected chi connectivity index (χ4v) is 4.14. The van der Waals surface area contributed by atoms with Gasteiger partial charge in [0, 0.05) is 13.1 Å². The normalized spacial score (nSPS) is 13.5. The number of hydrogen-bond donors (Lipinski definition) is 1. The minimum atomic E-state index is -4.04. The Kier molecular flexibility index (Phi) is 7.27. The average molecular weight is 449 g/mol. The number of nitrogens with zero attached hydrogens (tertiary/aromatic N) is 1.